The zero-order valence-corrected chi connectivity index (χ0v) is 18.9. The Kier molecular flexibility index (Phi) is 7.24. The van der Waals surface area contributed by atoms with Crippen LogP contribution >= 0.6 is 0 Å². The predicted molar refractivity (Wildman–Crippen MR) is 129 cm³/mol. The Morgan fingerprint density at radius 1 is 1.00 bits per heavy atom. The number of hydrogen-bond donors (Lipinski definition) is 4. The number of carbonyl (C=O) groups is 2. The van der Waals surface area contributed by atoms with Crippen LogP contribution in [0.25, 0.3) is 17.2 Å². The number of hydrogen-bond acceptors (Lipinski definition) is 6. The molecule has 0 bridgehead atoms. The van der Waals surface area contributed by atoms with Crippen molar-refractivity contribution in [3.8, 4) is 11.1 Å². The Balaban J connectivity index is 1.88. The van der Waals surface area contributed by atoms with Crippen molar-refractivity contribution in [1.29, 1.82) is 5.41 Å². The van der Waals surface area contributed by atoms with E-state index < -0.39 is 21.9 Å². The van der Waals surface area contributed by atoms with Crippen molar-refractivity contribution in [2.24, 2.45) is 10.9 Å². The van der Waals surface area contributed by atoms with Gasteiger partial charge < -0.3 is 15.8 Å². The minimum Gasteiger partial charge on any atom is -0.465 e. The standard InChI is InChI=1S/C24H22N4O5S/c1-33-24(30)20(14-15-5-4-6-17(13-15)22(25)26)23(29)28-18-11-9-16(10-12-18)19-7-2-3-8-21(19)34(27,31)32/h2-14H,1H3,(H3,25,26)(H,28,29)(H2,27,31,32)/b20-14-. The lowest BCUT2D eigenvalue weighted by Crippen LogP contribution is -2.21. The number of amidine groups is 1. The molecule has 0 spiro atoms. The monoisotopic (exact) mass is 478 g/mol. The number of nitrogens with one attached hydrogen (secondary N) is 2. The molecule has 0 aliphatic carbocycles. The number of sulfonamides is 1. The van der Waals surface area contributed by atoms with Gasteiger partial charge in [-0.25, -0.2) is 18.4 Å². The van der Waals surface area contributed by atoms with Gasteiger partial charge in [-0.2, -0.15) is 0 Å². The van der Waals surface area contributed by atoms with E-state index in [9.17, 15) is 18.0 Å². The molecule has 0 saturated heterocycles. The van der Waals surface area contributed by atoms with Gasteiger partial charge in [0.05, 0.1) is 12.0 Å². The SMILES string of the molecule is COC(=O)/C(=C\c1cccc(C(=N)N)c1)C(=O)Nc1ccc(-c2ccccc2S(N)(=O)=O)cc1. The third-order valence-corrected chi connectivity index (χ3v) is 5.77. The molecule has 10 heteroatoms. The fraction of sp³-hybridized carbons (Fsp3) is 0.0417. The van der Waals surface area contributed by atoms with Crippen LogP contribution < -0.4 is 16.2 Å². The van der Waals surface area contributed by atoms with E-state index in [1.165, 1.54) is 12.1 Å². The largest absolute Gasteiger partial charge is 0.465 e. The summed E-state index contributed by atoms with van der Waals surface area (Å²) in [5, 5.41) is 15.5. The molecule has 0 aliphatic rings. The molecule has 0 unspecified atom stereocenters. The van der Waals surface area contributed by atoms with Gasteiger partial charge in [0.25, 0.3) is 5.91 Å². The molecule has 174 valence electrons. The van der Waals surface area contributed by atoms with E-state index in [0.717, 1.165) is 7.11 Å². The lowest BCUT2D eigenvalue weighted by atomic mass is 10.0. The van der Waals surface area contributed by atoms with Gasteiger partial charge in [-0.3, -0.25) is 10.2 Å². The molecule has 0 saturated carbocycles. The summed E-state index contributed by atoms with van der Waals surface area (Å²) in [6, 6.07) is 19.2. The average molecular weight is 479 g/mol. The summed E-state index contributed by atoms with van der Waals surface area (Å²) in [4.78, 5) is 25.1. The number of ether oxygens (including phenoxy) is 1. The smallest absolute Gasteiger partial charge is 0.343 e. The second kappa shape index (κ2) is 10.1. The number of primary sulfonamides is 1. The first-order valence-corrected chi connectivity index (χ1v) is 11.4. The van der Waals surface area contributed by atoms with Crippen LogP contribution in [-0.2, 0) is 24.3 Å². The van der Waals surface area contributed by atoms with Crippen LogP contribution in [0.2, 0.25) is 0 Å². The van der Waals surface area contributed by atoms with E-state index in [0.29, 0.717) is 27.9 Å². The molecule has 3 rings (SSSR count). The second-order valence-corrected chi connectivity index (χ2v) is 8.69. The Morgan fingerprint density at radius 3 is 2.29 bits per heavy atom. The van der Waals surface area contributed by atoms with Crippen LogP contribution in [0, 0.1) is 5.41 Å². The van der Waals surface area contributed by atoms with Gasteiger partial charge in [0.1, 0.15) is 11.4 Å². The minimum absolute atomic E-state index is 0.0181. The summed E-state index contributed by atoms with van der Waals surface area (Å²) in [5.74, 6) is -1.70. The third kappa shape index (κ3) is 5.74. The Morgan fingerprint density at radius 2 is 1.68 bits per heavy atom. The van der Waals surface area contributed by atoms with E-state index in [2.05, 4.69) is 5.32 Å². The lowest BCUT2D eigenvalue weighted by Gasteiger charge is -2.11. The minimum atomic E-state index is -3.92. The molecule has 0 atom stereocenters. The first kappa shape index (κ1) is 24.4. The zero-order chi connectivity index (χ0) is 24.9. The maximum absolute atomic E-state index is 12.8. The molecular weight excluding hydrogens is 456 g/mol. The molecule has 0 fully saturated rings. The van der Waals surface area contributed by atoms with Crippen molar-refractivity contribution in [2.75, 3.05) is 12.4 Å². The topological polar surface area (TPSA) is 165 Å². The van der Waals surface area contributed by atoms with Crippen LogP contribution in [0.4, 0.5) is 5.69 Å². The van der Waals surface area contributed by atoms with Crippen molar-refractivity contribution in [2.45, 2.75) is 4.90 Å². The molecule has 9 nitrogen and oxygen atoms in total. The van der Waals surface area contributed by atoms with Gasteiger partial charge in [-0.1, -0.05) is 48.5 Å². The summed E-state index contributed by atoms with van der Waals surface area (Å²) in [6.45, 7) is 0. The highest BCUT2D eigenvalue weighted by Crippen LogP contribution is 2.27. The fourth-order valence-corrected chi connectivity index (χ4v) is 3.94. The molecule has 0 aliphatic heterocycles. The van der Waals surface area contributed by atoms with Crippen molar-refractivity contribution in [3.63, 3.8) is 0 Å². The Hall–Kier alpha value is -4.28. The van der Waals surface area contributed by atoms with Crippen molar-refractivity contribution in [3.05, 3.63) is 89.5 Å². The fourth-order valence-electron chi connectivity index (χ4n) is 3.17. The van der Waals surface area contributed by atoms with Gasteiger partial charge in [0.2, 0.25) is 10.0 Å². The first-order valence-electron chi connectivity index (χ1n) is 9.88. The Bertz CT molecular complexity index is 1400. The highest BCUT2D eigenvalue weighted by molar-refractivity contribution is 7.89. The van der Waals surface area contributed by atoms with E-state index in [1.807, 2.05) is 0 Å². The molecule has 6 N–H and O–H groups in total. The summed E-state index contributed by atoms with van der Waals surface area (Å²) in [5.41, 5.74) is 7.53. The number of nitrogen functional groups attached to an aromatic ring is 1. The van der Waals surface area contributed by atoms with Gasteiger partial charge >= 0.3 is 5.97 Å². The first-order chi connectivity index (χ1) is 16.1. The van der Waals surface area contributed by atoms with Crippen LogP contribution in [0.1, 0.15) is 11.1 Å². The van der Waals surface area contributed by atoms with Crippen LogP contribution in [-0.4, -0.2) is 33.2 Å². The molecule has 3 aromatic carbocycles. The number of anilines is 1. The number of amides is 1. The summed E-state index contributed by atoms with van der Waals surface area (Å²) < 4.78 is 28.5. The van der Waals surface area contributed by atoms with Gasteiger partial charge in [0, 0.05) is 16.8 Å². The number of methoxy groups -OCH3 is 1. The maximum Gasteiger partial charge on any atom is 0.343 e. The predicted octanol–water partition coefficient (Wildman–Crippen LogP) is 2.48. The number of esters is 1. The van der Waals surface area contributed by atoms with Crippen molar-refractivity contribution in [1.82, 2.24) is 0 Å². The highest BCUT2D eigenvalue weighted by atomic mass is 32.2. The third-order valence-electron chi connectivity index (χ3n) is 4.81. The highest BCUT2D eigenvalue weighted by Gasteiger charge is 2.20. The van der Waals surface area contributed by atoms with Gasteiger partial charge in [-0.15, -0.1) is 0 Å². The van der Waals surface area contributed by atoms with Crippen molar-refractivity contribution >= 4 is 39.5 Å². The average Bonchev–Trinajstić information content (AvgIpc) is 2.82. The maximum atomic E-state index is 12.8. The van der Waals surface area contributed by atoms with Crippen LogP contribution in [0.15, 0.2) is 83.3 Å². The zero-order valence-electron chi connectivity index (χ0n) is 18.1. The summed E-state index contributed by atoms with van der Waals surface area (Å²) in [7, 11) is -2.76. The molecule has 0 heterocycles. The quantitative estimate of drug-likeness (QED) is 0.102. The number of benzene rings is 3. The van der Waals surface area contributed by atoms with E-state index in [1.54, 1.807) is 66.7 Å². The Labute approximate surface area is 196 Å². The van der Waals surface area contributed by atoms with Crippen LogP contribution in [0.3, 0.4) is 0 Å². The molecule has 3 aromatic rings. The van der Waals surface area contributed by atoms with Crippen molar-refractivity contribution < 1.29 is 22.7 Å². The number of nitrogens with two attached hydrogens (primary N) is 2. The molecule has 34 heavy (non-hydrogen) atoms. The van der Waals surface area contributed by atoms with Gasteiger partial charge in [-0.05, 0) is 41.5 Å². The number of carbonyl (C=O) groups excluding carboxylic acids is 2. The number of rotatable bonds is 7. The molecule has 1 amide bonds. The lowest BCUT2D eigenvalue weighted by molar-refractivity contribution is -0.137. The van der Waals surface area contributed by atoms with Crippen LogP contribution in [0.5, 0.6) is 0 Å². The second-order valence-electron chi connectivity index (χ2n) is 7.16. The normalized spacial score (nSPS) is 11.5. The molecule has 0 aromatic heterocycles. The van der Waals surface area contributed by atoms with E-state index in [4.69, 9.17) is 21.0 Å². The summed E-state index contributed by atoms with van der Waals surface area (Å²) >= 11 is 0. The van der Waals surface area contributed by atoms with E-state index in [-0.39, 0.29) is 16.3 Å². The van der Waals surface area contributed by atoms with Gasteiger partial charge in [0.15, 0.2) is 0 Å². The molecular formula is C24H22N4O5S. The van der Waals surface area contributed by atoms with E-state index >= 15 is 0 Å². The summed E-state index contributed by atoms with van der Waals surface area (Å²) in [6.07, 6.45) is 1.34. The molecule has 0 radical (unpaired) electrons.